The Kier molecular flexibility index (Phi) is 4.78. The number of likely N-dealkylation sites (tertiary alicyclic amines) is 1. The molecule has 0 amide bonds. The summed E-state index contributed by atoms with van der Waals surface area (Å²) in [7, 11) is 2.23. The van der Waals surface area contributed by atoms with E-state index in [0.717, 1.165) is 24.0 Å². The molecule has 3 rings (SSSR count). The summed E-state index contributed by atoms with van der Waals surface area (Å²) in [6.45, 7) is 6.58. The summed E-state index contributed by atoms with van der Waals surface area (Å²) in [4.78, 5) is 2.47. The van der Waals surface area contributed by atoms with Gasteiger partial charge in [-0.1, -0.05) is 23.4 Å². The highest BCUT2D eigenvalue weighted by molar-refractivity contribution is 5.30. The minimum Gasteiger partial charge on any atom is -0.306 e. The molecule has 2 heterocycles. The monoisotopic (exact) mass is 313 g/mol. The molecule has 23 heavy (non-hydrogen) atoms. The highest BCUT2D eigenvalue weighted by Gasteiger charge is 2.25. The van der Waals surface area contributed by atoms with E-state index in [-0.39, 0.29) is 5.54 Å². The van der Waals surface area contributed by atoms with E-state index in [1.165, 1.54) is 25.8 Å². The Labute approximate surface area is 138 Å². The van der Waals surface area contributed by atoms with Crippen molar-refractivity contribution in [2.45, 2.75) is 44.7 Å². The van der Waals surface area contributed by atoms with Gasteiger partial charge in [-0.15, -0.1) is 5.10 Å². The van der Waals surface area contributed by atoms with E-state index in [9.17, 15) is 0 Å². The van der Waals surface area contributed by atoms with Crippen molar-refractivity contribution in [3.05, 3.63) is 42.2 Å². The summed E-state index contributed by atoms with van der Waals surface area (Å²) in [5.74, 6) is 0. The average Bonchev–Trinajstić information content (AvgIpc) is 3.18. The molecule has 0 radical (unpaired) electrons. The number of hydrogen-bond acceptors (Lipinski definition) is 4. The van der Waals surface area contributed by atoms with E-state index < -0.39 is 0 Å². The Morgan fingerprint density at radius 1 is 1.26 bits per heavy atom. The smallest absolute Gasteiger partial charge is 0.103 e. The molecule has 1 N–H and O–H groups in total. The number of para-hydroxylation sites is 1. The maximum atomic E-state index is 4.37. The Bertz CT molecular complexity index is 619. The predicted molar refractivity (Wildman–Crippen MR) is 92.7 cm³/mol. The van der Waals surface area contributed by atoms with Gasteiger partial charge in [0.1, 0.15) is 5.69 Å². The van der Waals surface area contributed by atoms with Crippen LogP contribution in [0.25, 0.3) is 5.69 Å². The van der Waals surface area contributed by atoms with Crippen LogP contribution in [0.4, 0.5) is 0 Å². The van der Waals surface area contributed by atoms with Gasteiger partial charge >= 0.3 is 0 Å². The second-order valence-electron chi connectivity index (χ2n) is 7.00. The standard InChI is InChI=1S/C18H27N5/c1-18(2,19-12-11-15-10-7-13-22(15)3)17-14-23(21-20-17)16-8-5-4-6-9-16/h4-6,8-9,14-15,19H,7,10-13H2,1-3H3/t15-/m1/s1. The first-order chi connectivity index (χ1) is 11.1. The third-order valence-corrected chi connectivity index (χ3v) is 4.87. The second kappa shape index (κ2) is 6.81. The lowest BCUT2D eigenvalue weighted by Gasteiger charge is -2.26. The van der Waals surface area contributed by atoms with Gasteiger partial charge in [0, 0.05) is 6.04 Å². The lowest BCUT2D eigenvalue weighted by atomic mass is 10.0. The van der Waals surface area contributed by atoms with E-state index >= 15 is 0 Å². The van der Waals surface area contributed by atoms with Crippen LogP contribution in [-0.4, -0.2) is 46.1 Å². The maximum Gasteiger partial charge on any atom is 0.103 e. The minimum atomic E-state index is -0.176. The fraction of sp³-hybridized carbons (Fsp3) is 0.556. The number of nitrogens with zero attached hydrogens (tertiary/aromatic N) is 4. The van der Waals surface area contributed by atoms with Crippen LogP contribution in [0, 0.1) is 0 Å². The first-order valence-electron chi connectivity index (χ1n) is 8.50. The minimum absolute atomic E-state index is 0.176. The summed E-state index contributed by atoms with van der Waals surface area (Å²) in [6.07, 6.45) is 5.86. The third kappa shape index (κ3) is 3.79. The zero-order valence-electron chi connectivity index (χ0n) is 14.4. The molecule has 124 valence electrons. The molecule has 5 nitrogen and oxygen atoms in total. The lowest BCUT2D eigenvalue weighted by molar-refractivity contribution is 0.279. The van der Waals surface area contributed by atoms with Gasteiger partial charge < -0.3 is 10.2 Å². The zero-order valence-corrected chi connectivity index (χ0v) is 14.4. The molecule has 1 atom stereocenters. The number of nitrogens with one attached hydrogen (secondary N) is 1. The van der Waals surface area contributed by atoms with Crippen LogP contribution in [0.1, 0.15) is 38.8 Å². The number of benzene rings is 1. The molecule has 2 aromatic rings. The topological polar surface area (TPSA) is 46.0 Å². The Morgan fingerprint density at radius 3 is 2.74 bits per heavy atom. The molecule has 1 aliphatic rings. The van der Waals surface area contributed by atoms with Gasteiger partial charge in [0.05, 0.1) is 17.4 Å². The molecule has 1 aromatic carbocycles. The Hall–Kier alpha value is -1.72. The van der Waals surface area contributed by atoms with E-state index in [4.69, 9.17) is 0 Å². The average molecular weight is 313 g/mol. The van der Waals surface area contributed by atoms with Gasteiger partial charge in [0.2, 0.25) is 0 Å². The normalized spacial score (nSPS) is 19.3. The largest absolute Gasteiger partial charge is 0.306 e. The fourth-order valence-electron chi connectivity index (χ4n) is 3.24. The van der Waals surface area contributed by atoms with E-state index in [2.05, 4.69) is 41.4 Å². The van der Waals surface area contributed by atoms with Crippen LogP contribution in [-0.2, 0) is 5.54 Å². The highest BCUT2D eigenvalue weighted by Crippen LogP contribution is 2.21. The Morgan fingerprint density at radius 2 is 2.04 bits per heavy atom. The summed E-state index contributed by atoms with van der Waals surface area (Å²) in [5, 5.41) is 12.3. The van der Waals surface area contributed by atoms with Crippen LogP contribution in [0.5, 0.6) is 0 Å². The molecule has 1 aromatic heterocycles. The van der Waals surface area contributed by atoms with Crippen LogP contribution in [0.3, 0.4) is 0 Å². The molecule has 1 aliphatic heterocycles. The van der Waals surface area contributed by atoms with Crippen molar-refractivity contribution in [3.63, 3.8) is 0 Å². The van der Waals surface area contributed by atoms with Crippen LogP contribution < -0.4 is 5.32 Å². The molecular weight excluding hydrogens is 286 g/mol. The molecule has 1 fully saturated rings. The molecule has 0 aliphatic carbocycles. The predicted octanol–water partition coefficient (Wildman–Crippen LogP) is 2.58. The molecule has 0 unspecified atom stereocenters. The van der Waals surface area contributed by atoms with Crippen LogP contribution in [0.2, 0.25) is 0 Å². The van der Waals surface area contributed by atoms with Crippen molar-refractivity contribution in [2.24, 2.45) is 0 Å². The molecule has 0 bridgehead atoms. The van der Waals surface area contributed by atoms with E-state index in [1.54, 1.807) is 0 Å². The SMILES string of the molecule is CN1CCC[C@@H]1CCNC(C)(C)c1cn(-c2ccccc2)nn1. The molecule has 5 heteroatoms. The van der Waals surface area contributed by atoms with Gasteiger partial charge in [0.15, 0.2) is 0 Å². The van der Waals surface area contributed by atoms with Gasteiger partial charge in [-0.3, -0.25) is 0 Å². The number of aromatic nitrogens is 3. The molecule has 0 saturated carbocycles. The van der Waals surface area contributed by atoms with Crippen molar-refractivity contribution >= 4 is 0 Å². The molecular formula is C18H27N5. The maximum absolute atomic E-state index is 4.37. The lowest BCUT2D eigenvalue weighted by Crippen LogP contribution is -2.39. The van der Waals surface area contributed by atoms with Gasteiger partial charge in [0.25, 0.3) is 0 Å². The van der Waals surface area contributed by atoms with Crippen molar-refractivity contribution in [1.29, 1.82) is 0 Å². The van der Waals surface area contributed by atoms with Gasteiger partial charge in [-0.2, -0.15) is 0 Å². The van der Waals surface area contributed by atoms with Crippen molar-refractivity contribution < 1.29 is 0 Å². The number of hydrogen-bond donors (Lipinski definition) is 1. The van der Waals surface area contributed by atoms with Gasteiger partial charge in [-0.05, 0) is 65.4 Å². The van der Waals surface area contributed by atoms with E-state index in [1.807, 2.05) is 41.2 Å². The van der Waals surface area contributed by atoms with Crippen LogP contribution >= 0.6 is 0 Å². The van der Waals surface area contributed by atoms with Crippen LogP contribution in [0.15, 0.2) is 36.5 Å². The Balaban J connectivity index is 1.60. The first-order valence-corrected chi connectivity index (χ1v) is 8.50. The van der Waals surface area contributed by atoms with Crippen molar-refractivity contribution in [2.75, 3.05) is 20.1 Å². The zero-order chi connectivity index (χ0) is 16.3. The summed E-state index contributed by atoms with van der Waals surface area (Å²) < 4.78 is 1.84. The highest BCUT2D eigenvalue weighted by atomic mass is 15.4. The second-order valence-corrected chi connectivity index (χ2v) is 7.00. The number of rotatable bonds is 6. The summed E-state index contributed by atoms with van der Waals surface area (Å²) >= 11 is 0. The molecule has 1 saturated heterocycles. The summed E-state index contributed by atoms with van der Waals surface area (Å²) in [5.41, 5.74) is 1.83. The van der Waals surface area contributed by atoms with Crippen molar-refractivity contribution in [1.82, 2.24) is 25.2 Å². The first kappa shape index (κ1) is 16.1. The van der Waals surface area contributed by atoms with E-state index in [0.29, 0.717) is 0 Å². The molecule has 0 spiro atoms. The van der Waals surface area contributed by atoms with Crippen molar-refractivity contribution in [3.8, 4) is 5.69 Å². The quantitative estimate of drug-likeness (QED) is 0.890. The summed E-state index contributed by atoms with van der Waals surface area (Å²) in [6, 6.07) is 10.8. The fourth-order valence-corrected chi connectivity index (χ4v) is 3.24. The third-order valence-electron chi connectivity index (χ3n) is 4.87. The van der Waals surface area contributed by atoms with Gasteiger partial charge in [-0.25, -0.2) is 4.68 Å².